The van der Waals surface area contributed by atoms with Gasteiger partial charge in [-0.25, -0.2) is 0 Å². The van der Waals surface area contributed by atoms with Gasteiger partial charge in [-0.2, -0.15) is 0 Å². The standard InChI is InChI=1S/C11H20N2S/c1-3-11(4-2,9-12)13-8-10-6-5-7-14-10/h5-7,13H,3-4,8-9,12H2,1-2H3. The third kappa shape index (κ3) is 2.80. The Labute approximate surface area is 90.5 Å². The van der Waals surface area contributed by atoms with Gasteiger partial charge in [-0.05, 0) is 24.3 Å². The van der Waals surface area contributed by atoms with Crippen molar-refractivity contribution in [1.29, 1.82) is 0 Å². The molecule has 0 saturated carbocycles. The zero-order valence-electron chi connectivity index (χ0n) is 9.05. The summed E-state index contributed by atoms with van der Waals surface area (Å²) in [6, 6.07) is 4.24. The molecule has 80 valence electrons. The second-order valence-electron chi connectivity index (χ2n) is 3.62. The first-order valence-corrected chi connectivity index (χ1v) is 6.12. The molecule has 3 N–H and O–H groups in total. The molecule has 1 heterocycles. The summed E-state index contributed by atoms with van der Waals surface area (Å²) >= 11 is 1.79. The van der Waals surface area contributed by atoms with Crippen LogP contribution in [-0.2, 0) is 6.54 Å². The summed E-state index contributed by atoms with van der Waals surface area (Å²) in [5.74, 6) is 0. The van der Waals surface area contributed by atoms with Crippen molar-refractivity contribution in [2.45, 2.75) is 38.8 Å². The Kier molecular flexibility index (Phi) is 4.58. The number of hydrogen-bond acceptors (Lipinski definition) is 3. The molecule has 1 aromatic heterocycles. The maximum Gasteiger partial charge on any atom is 0.0305 e. The van der Waals surface area contributed by atoms with Crippen molar-refractivity contribution in [3.05, 3.63) is 22.4 Å². The molecule has 0 saturated heterocycles. The molecule has 1 aromatic rings. The van der Waals surface area contributed by atoms with Gasteiger partial charge in [-0.15, -0.1) is 11.3 Å². The fraction of sp³-hybridized carbons (Fsp3) is 0.636. The van der Waals surface area contributed by atoms with E-state index < -0.39 is 0 Å². The van der Waals surface area contributed by atoms with Crippen LogP contribution in [0.2, 0.25) is 0 Å². The zero-order valence-corrected chi connectivity index (χ0v) is 9.86. The summed E-state index contributed by atoms with van der Waals surface area (Å²) in [6.45, 7) is 6.04. The van der Waals surface area contributed by atoms with Crippen LogP contribution in [0.25, 0.3) is 0 Å². The van der Waals surface area contributed by atoms with E-state index in [2.05, 4.69) is 36.7 Å². The third-order valence-corrected chi connectivity index (χ3v) is 3.84. The topological polar surface area (TPSA) is 38.0 Å². The van der Waals surface area contributed by atoms with Crippen LogP contribution in [0.5, 0.6) is 0 Å². The maximum atomic E-state index is 5.81. The van der Waals surface area contributed by atoms with Crippen LogP contribution in [-0.4, -0.2) is 12.1 Å². The van der Waals surface area contributed by atoms with Crippen molar-refractivity contribution >= 4 is 11.3 Å². The zero-order chi connectivity index (χ0) is 10.4. The Hall–Kier alpha value is -0.380. The molecule has 3 heteroatoms. The molecular formula is C11H20N2S. The van der Waals surface area contributed by atoms with Crippen molar-refractivity contribution < 1.29 is 0 Å². The van der Waals surface area contributed by atoms with Gasteiger partial charge in [0, 0.05) is 23.5 Å². The van der Waals surface area contributed by atoms with E-state index in [0.717, 1.165) is 19.4 Å². The van der Waals surface area contributed by atoms with Crippen molar-refractivity contribution in [2.24, 2.45) is 5.73 Å². The van der Waals surface area contributed by atoms with Gasteiger partial charge in [0.1, 0.15) is 0 Å². The van der Waals surface area contributed by atoms with Gasteiger partial charge in [0.2, 0.25) is 0 Å². The average molecular weight is 212 g/mol. The van der Waals surface area contributed by atoms with Crippen molar-refractivity contribution in [3.8, 4) is 0 Å². The Bertz CT molecular complexity index is 232. The van der Waals surface area contributed by atoms with Crippen molar-refractivity contribution in [3.63, 3.8) is 0 Å². The lowest BCUT2D eigenvalue weighted by Gasteiger charge is -2.31. The van der Waals surface area contributed by atoms with Crippen LogP contribution < -0.4 is 11.1 Å². The summed E-state index contributed by atoms with van der Waals surface area (Å²) in [6.07, 6.45) is 2.18. The highest BCUT2D eigenvalue weighted by molar-refractivity contribution is 7.09. The normalized spacial score (nSPS) is 11.9. The lowest BCUT2D eigenvalue weighted by Crippen LogP contribution is -2.49. The molecule has 14 heavy (non-hydrogen) atoms. The van der Waals surface area contributed by atoms with Crippen LogP contribution in [0.1, 0.15) is 31.6 Å². The van der Waals surface area contributed by atoms with E-state index in [1.54, 1.807) is 11.3 Å². The number of nitrogens with one attached hydrogen (secondary N) is 1. The lowest BCUT2D eigenvalue weighted by atomic mass is 9.93. The van der Waals surface area contributed by atoms with Crippen LogP contribution in [0, 0.1) is 0 Å². The smallest absolute Gasteiger partial charge is 0.0305 e. The number of hydrogen-bond donors (Lipinski definition) is 2. The van der Waals surface area contributed by atoms with E-state index >= 15 is 0 Å². The molecule has 0 aliphatic rings. The molecule has 0 bridgehead atoms. The van der Waals surface area contributed by atoms with E-state index in [1.165, 1.54) is 4.88 Å². The number of rotatable bonds is 6. The molecule has 0 fully saturated rings. The third-order valence-electron chi connectivity index (χ3n) is 2.96. The second kappa shape index (κ2) is 5.49. The van der Waals surface area contributed by atoms with Gasteiger partial charge in [0.05, 0.1) is 0 Å². The minimum atomic E-state index is 0.129. The van der Waals surface area contributed by atoms with Crippen LogP contribution in [0.15, 0.2) is 17.5 Å². The van der Waals surface area contributed by atoms with Crippen LogP contribution in [0.3, 0.4) is 0 Å². The van der Waals surface area contributed by atoms with Crippen molar-refractivity contribution in [1.82, 2.24) is 5.32 Å². The first kappa shape index (κ1) is 11.7. The summed E-state index contributed by atoms with van der Waals surface area (Å²) in [5, 5.41) is 5.68. The Morgan fingerprint density at radius 2 is 2.14 bits per heavy atom. The second-order valence-corrected chi connectivity index (χ2v) is 4.66. The summed E-state index contributed by atoms with van der Waals surface area (Å²) < 4.78 is 0. The Balaban J connectivity index is 2.48. The molecule has 0 aliphatic carbocycles. The molecule has 0 aliphatic heterocycles. The van der Waals surface area contributed by atoms with Crippen LogP contribution >= 0.6 is 11.3 Å². The van der Waals surface area contributed by atoms with Crippen molar-refractivity contribution in [2.75, 3.05) is 6.54 Å². The molecule has 1 rings (SSSR count). The highest BCUT2D eigenvalue weighted by Crippen LogP contribution is 2.16. The van der Waals surface area contributed by atoms with Gasteiger partial charge >= 0.3 is 0 Å². The summed E-state index contributed by atoms with van der Waals surface area (Å²) in [7, 11) is 0. The van der Waals surface area contributed by atoms with E-state index in [4.69, 9.17) is 5.73 Å². The monoisotopic (exact) mass is 212 g/mol. The SMILES string of the molecule is CCC(CC)(CN)NCc1cccs1. The molecule has 0 atom stereocenters. The van der Waals surface area contributed by atoms with Gasteiger partial charge in [0.25, 0.3) is 0 Å². The Morgan fingerprint density at radius 1 is 1.43 bits per heavy atom. The lowest BCUT2D eigenvalue weighted by molar-refractivity contribution is 0.308. The van der Waals surface area contributed by atoms with E-state index in [9.17, 15) is 0 Å². The van der Waals surface area contributed by atoms with Gasteiger partial charge in [0.15, 0.2) is 0 Å². The average Bonchev–Trinajstić information content (AvgIpc) is 2.74. The molecule has 0 spiro atoms. The minimum Gasteiger partial charge on any atom is -0.329 e. The fourth-order valence-electron chi connectivity index (χ4n) is 1.55. The van der Waals surface area contributed by atoms with Gasteiger partial charge in [-0.1, -0.05) is 19.9 Å². The predicted octanol–water partition coefficient (Wildman–Crippen LogP) is 2.36. The predicted molar refractivity (Wildman–Crippen MR) is 63.5 cm³/mol. The van der Waals surface area contributed by atoms with E-state index in [-0.39, 0.29) is 5.54 Å². The first-order chi connectivity index (χ1) is 6.76. The maximum absolute atomic E-state index is 5.81. The van der Waals surface area contributed by atoms with Gasteiger partial charge in [-0.3, -0.25) is 0 Å². The number of thiophene rings is 1. The molecule has 0 amide bonds. The number of nitrogens with two attached hydrogens (primary N) is 1. The highest BCUT2D eigenvalue weighted by atomic mass is 32.1. The van der Waals surface area contributed by atoms with Crippen LogP contribution in [0.4, 0.5) is 0 Å². The fourth-order valence-corrected chi connectivity index (χ4v) is 2.19. The summed E-state index contributed by atoms with van der Waals surface area (Å²) in [5.41, 5.74) is 5.94. The highest BCUT2D eigenvalue weighted by Gasteiger charge is 2.22. The Morgan fingerprint density at radius 3 is 2.57 bits per heavy atom. The summed E-state index contributed by atoms with van der Waals surface area (Å²) in [4.78, 5) is 1.38. The molecular weight excluding hydrogens is 192 g/mol. The van der Waals surface area contributed by atoms with E-state index in [0.29, 0.717) is 6.54 Å². The molecule has 2 nitrogen and oxygen atoms in total. The van der Waals surface area contributed by atoms with Gasteiger partial charge < -0.3 is 11.1 Å². The largest absolute Gasteiger partial charge is 0.329 e. The quantitative estimate of drug-likeness (QED) is 0.759. The first-order valence-electron chi connectivity index (χ1n) is 5.24. The molecule has 0 aromatic carbocycles. The molecule has 0 radical (unpaired) electrons. The van der Waals surface area contributed by atoms with E-state index in [1.807, 2.05) is 0 Å². The minimum absolute atomic E-state index is 0.129. The molecule has 0 unspecified atom stereocenters.